The fraction of sp³-hybridized carbons (Fsp3) is 0.741. The third-order valence-corrected chi connectivity index (χ3v) is 7.51. The van der Waals surface area contributed by atoms with E-state index in [2.05, 4.69) is 32.2 Å². The van der Waals surface area contributed by atoms with Crippen molar-refractivity contribution in [1.82, 2.24) is 14.9 Å². The van der Waals surface area contributed by atoms with Crippen molar-refractivity contribution >= 4 is 23.5 Å². The lowest BCUT2D eigenvalue weighted by Crippen LogP contribution is -2.49. The summed E-state index contributed by atoms with van der Waals surface area (Å²) in [4.78, 5) is 31.8. The number of allylic oxidation sites excluding steroid dienone is 1. The van der Waals surface area contributed by atoms with Gasteiger partial charge in [0.1, 0.15) is 11.6 Å². The summed E-state index contributed by atoms with van der Waals surface area (Å²) in [5, 5.41) is 0. The molecule has 7 heteroatoms. The topological polar surface area (TPSA) is 55.8 Å². The summed E-state index contributed by atoms with van der Waals surface area (Å²) in [6, 6.07) is 2.18. The molecule has 0 bridgehead atoms. The Morgan fingerprint density at radius 2 is 1.26 bits per heavy atom. The van der Waals surface area contributed by atoms with Crippen LogP contribution < -0.4 is 14.7 Å². The zero-order valence-electron chi connectivity index (χ0n) is 21.1. The van der Waals surface area contributed by atoms with Gasteiger partial charge in [-0.05, 0) is 44.9 Å². The second-order valence-corrected chi connectivity index (χ2v) is 10.1. The first-order valence-corrected chi connectivity index (χ1v) is 13.8. The summed E-state index contributed by atoms with van der Waals surface area (Å²) in [6.45, 7) is 11.4. The van der Waals surface area contributed by atoms with Crippen LogP contribution in [0.1, 0.15) is 77.0 Å². The van der Waals surface area contributed by atoms with Gasteiger partial charge < -0.3 is 19.6 Å². The van der Waals surface area contributed by atoms with E-state index < -0.39 is 0 Å². The quantitative estimate of drug-likeness (QED) is 0.329. The van der Waals surface area contributed by atoms with Gasteiger partial charge >= 0.3 is 0 Å². The first kappa shape index (κ1) is 24.8. The minimum absolute atomic E-state index is 0.324. The zero-order chi connectivity index (χ0) is 23.6. The average molecular weight is 469 g/mol. The molecule has 4 rings (SSSR count). The molecule has 3 fully saturated rings. The third-order valence-electron chi connectivity index (χ3n) is 7.51. The Bertz CT molecular complexity index is 745. The molecule has 0 aliphatic carbocycles. The molecule has 34 heavy (non-hydrogen) atoms. The molecule has 3 aliphatic rings. The van der Waals surface area contributed by atoms with E-state index in [1.54, 1.807) is 0 Å². The van der Waals surface area contributed by atoms with Crippen molar-refractivity contribution in [3.63, 3.8) is 0 Å². The predicted molar refractivity (Wildman–Crippen MR) is 141 cm³/mol. The smallest absolute Gasteiger partial charge is 0.229 e. The van der Waals surface area contributed by atoms with Crippen LogP contribution in [0.15, 0.2) is 18.7 Å². The first-order valence-electron chi connectivity index (χ1n) is 13.8. The molecular formula is C27H44N6O. The van der Waals surface area contributed by atoms with E-state index in [1.165, 1.54) is 57.8 Å². The molecule has 1 amide bonds. The van der Waals surface area contributed by atoms with E-state index in [0.717, 1.165) is 82.8 Å². The predicted octanol–water partition coefficient (Wildman–Crippen LogP) is 4.63. The fourth-order valence-corrected chi connectivity index (χ4v) is 5.35. The summed E-state index contributed by atoms with van der Waals surface area (Å²) in [5.41, 5.74) is 0. The van der Waals surface area contributed by atoms with Crippen molar-refractivity contribution in [2.75, 3.05) is 67.1 Å². The molecule has 3 aliphatic heterocycles. The van der Waals surface area contributed by atoms with Crippen molar-refractivity contribution in [1.29, 1.82) is 0 Å². The number of amides is 1. The molecule has 188 valence electrons. The highest BCUT2D eigenvalue weighted by atomic mass is 16.2. The monoisotopic (exact) mass is 468 g/mol. The number of aromatic nitrogens is 2. The van der Waals surface area contributed by atoms with Gasteiger partial charge in [-0.25, -0.2) is 0 Å². The molecule has 0 N–H and O–H groups in total. The van der Waals surface area contributed by atoms with Crippen LogP contribution in [-0.4, -0.2) is 73.1 Å². The molecular weight excluding hydrogens is 424 g/mol. The van der Waals surface area contributed by atoms with Crippen molar-refractivity contribution in [2.45, 2.75) is 77.0 Å². The lowest BCUT2D eigenvalue weighted by Gasteiger charge is -2.36. The summed E-state index contributed by atoms with van der Waals surface area (Å²) in [5.74, 6) is 3.32. The van der Waals surface area contributed by atoms with Gasteiger partial charge in [-0.3, -0.25) is 4.79 Å². The maximum atomic E-state index is 12.7. The van der Waals surface area contributed by atoms with Gasteiger partial charge in [-0.15, -0.1) is 6.58 Å². The highest BCUT2D eigenvalue weighted by molar-refractivity contribution is 5.76. The van der Waals surface area contributed by atoms with Crippen molar-refractivity contribution in [3.8, 4) is 0 Å². The van der Waals surface area contributed by atoms with E-state index in [0.29, 0.717) is 12.3 Å². The molecule has 0 spiro atoms. The second kappa shape index (κ2) is 13.0. The third kappa shape index (κ3) is 6.86. The van der Waals surface area contributed by atoms with Crippen molar-refractivity contribution in [2.24, 2.45) is 0 Å². The summed E-state index contributed by atoms with van der Waals surface area (Å²) >= 11 is 0. The number of nitrogens with zero attached hydrogens (tertiary/aromatic N) is 6. The van der Waals surface area contributed by atoms with E-state index in [1.807, 2.05) is 6.08 Å². The first-order chi connectivity index (χ1) is 16.7. The zero-order valence-corrected chi connectivity index (χ0v) is 21.1. The Morgan fingerprint density at radius 3 is 1.88 bits per heavy atom. The molecule has 0 radical (unpaired) electrons. The minimum Gasteiger partial charge on any atom is -0.356 e. The minimum atomic E-state index is 0.324. The van der Waals surface area contributed by atoms with Crippen LogP contribution >= 0.6 is 0 Å². The maximum absolute atomic E-state index is 12.7. The van der Waals surface area contributed by atoms with Crippen molar-refractivity contribution < 1.29 is 4.79 Å². The number of hydrogen-bond donors (Lipinski definition) is 0. The van der Waals surface area contributed by atoms with Gasteiger partial charge in [0.05, 0.1) is 0 Å². The van der Waals surface area contributed by atoms with Gasteiger partial charge in [0, 0.05) is 64.8 Å². The molecule has 3 saturated heterocycles. The van der Waals surface area contributed by atoms with Crippen LogP contribution in [0.5, 0.6) is 0 Å². The standard InChI is InChI=1S/C27H44N6O/c1-2-3-4-5-6-7-8-9-14-26(34)32-21-19-31(20-22-32)25-23-24(30-15-10-11-16-30)28-27(29-25)33-17-12-13-18-33/h2,23H,1,3-22H2. The van der Waals surface area contributed by atoms with Crippen LogP contribution in [0, 0.1) is 0 Å². The summed E-state index contributed by atoms with van der Waals surface area (Å²) < 4.78 is 0. The molecule has 4 heterocycles. The molecule has 1 aromatic rings. The highest BCUT2D eigenvalue weighted by Crippen LogP contribution is 2.28. The number of piperazine rings is 1. The van der Waals surface area contributed by atoms with Crippen LogP contribution in [-0.2, 0) is 4.79 Å². The number of hydrogen-bond acceptors (Lipinski definition) is 6. The van der Waals surface area contributed by atoms with E-state index in [-0.39, 0.29) is 0 Å². The molecule has 0 saturated carbocycles. The number of rotatable bonds is 12. The molecule has 0 unspecified atom stereocenters. The van der Waals surface area contributed by atoms with Gasteiger partial charge in [0.15, 0.2) is 0 Å². The fourth-order valence-electron chi connectivity index (χ4n) is 5.35. The number of anilines is 3. The molecule has 0 aromatic carbocycles. The van der Waals surface area contributed by atoms with E-state index in [4.69, 9.17) is 9.97 Å². The Morgan fingerprint density at radius 1 is 0.735 bits per heavy atom. The lowest BCUT2D eigenvalue weighted by molar-refractivity contribution is -0.131. The summed E-state index contributed by atoms with van der Waals surface area (Å²) in [7, 11) is 0. The SMILES string of the molecule is C=CCCCCCCCCC(=O)N1CCN(c2cc(N3CCCC3)nc(N3CCCC3)n2)CC1. The Kier molecular flexibility index (Phi) is 9.45. The van der Waals surface area contributed by atoms with Gasteiger partial charge in [-0.2, -0.15) is 9.97 Å². The Labute approximate surface area is 206 Å². The van der Waals surface area contributed by atoms with Crippen LogP contribution in [0.25, 0.3) is 0 Å². The summed E-state index contributed by atoms with van der Waals surface area (Å²) in [6.07, 6.45) is 16.0. The largest absolute Gasteiger partial charge is 0.356 e. The van der Waals surface area contributed by atoms with E-state index in [9.17, 15) is 4.79 Å². The number of carbonyl (C=O) groups excluding carboxylic acids is 1. The number of unbranched alkanes of at least 4 members (excludes halogenated alkanes) is 6. The Balaban J connectivity index is 1.26. The maximum Gasteiger partial charge on any atom is 0.229 e. The van der Waals surface area contributed by atoms with Gasteiger partial charge in [0.25, 0.3) is 0 Å². The number of carbonyl (C=O) groups is 1. The second-order valence-electron chi connectivity index (χ2n) is 10.1. The van der Waals surface area contributed by atoms with Crippen LogP contribution in [0.3, 0.4) is 0 Å². The van der Waals surface area contributed by atoms with Gasteiger partial charge in [-0.1, -0.05) is 31.8 Å². The normalized spacial score (nSPS) is 18.7. The van der Waals surface area contributed by atoms with Crippen LogP contribution in [0.4, 0.5) is 17.6 Å². The van der Waals surface area contributed by atoms with Gasteiger partial charge in [0.2, 0.25) is 11.9 Å². The molecule has 1 aromatic heterocycles. The van der Waals surface area contributed by atoms with E-state index >= 15 is 0 Å². The molecule has 0 atom stereocenters. The van der Waals surface area contributed by atoms with Crippen LogP contribution in [0.2, 0.25) is 0 Å². The Hall–Kier alpha value is -2.31. The molecule has 7 nitrogen and oxygen atoms in total. The average Bonchev–Trinajstić information content (AvgIpc) is 3.60. The lowest BCUT2D eigenvalue weighted by atomic mass is 10.1. The van der Waals surface area contributed by atoms with Crippen molar-refractivity contribution in [3.05, 3.63) is 18.7 Å². The highest BCUT2D eigenvalue weighted by Gasteiger charge is 2.25.